The molecule has 0 unspecified atom stereocenters. The fourth-order valence-corrected chi connectivity index (χ4v) is 2.33. The van der Waals surface area contributed by atoms with Crippen LogP contribution in [0.4, 0.5) is 5.69 Å². The monoisotopic (exact) mass is 311 g/mol. The maximum Gasteiger partial charge on any atom is 0.232 e. The molecule has 118 valence electrons. The number of ether oxygens (including phenoxy) is 2. The normalized spacial score (nSPS) is 18.4. The first-order valence-electron chi connectivity index (χ1n) is 7.36. The molecule has 2 N–H and O–H groups in total. The van der Waals surface area contributed by atoms with E-state index in [-0.39, 0.29) is 11.5 Å². The number of anilines is 1. The Morgan fingerprint density at radius 3 is 2.70 bits per heavy atom. The largest absolute Gasteiger partial charge is 0.508 e. The van der Waals surface area contributed by atoms with Gasteiger partial charge in [0.2, 0.25) is 6.29 Å². The zero-order valence-electron chi connectivity index (χ0n) is 12.7. The number of rotatable bonds is 4. The predicted molar refractivity (Wildman–Crippen MR) is 86.6 cm³/mol. The molecular formula is C18H17NO4. The van der Waals surface area contributed by atoms with Gasteiger partial charge in [0.15, 0.2) is 5.78 Å². The number of phenols is 1. The van der Waals surface area contributed by atoms with E-state index in [1.807, 2.05) is 13.0 Å². The van der Waals surface area contributed by atoms with Crippen molar-refractivity contribution in [3.8, 4) is 11.5 Å². The zero-order chi connectivity index (χ0) is 16.2. The van der Waals surface area contributed by atoms with Gasteiger partial charge in [-0.05, 0) is 43.3 Å². The van der Waals surface area contributed by atoms with Crippen molar-refractivity contribution in [2.75, 3.05) is 11.9 Å². The molecule has 23 heavy (non-hydrogen) atoms. The van der Waals surface area contributed by atoms with Gasteiger partial charge in [0.05, 0.1) is 11.1 Å². The molecule has 0 radical (unpaired) electrons. The summed E-state index contributed by atoms with van der Waals surface area (Å²) in [7, 11) is 0. The third-order valence-electron chi connectivity index (χ3n) is 3.46. The Morgan fingerprint density at radius 2 is 1.96 bits per heavy atom. The van der Waals surface area contributed by atoms with Gasteiger partial charge in [-0.15, -0.1) is 0 Å². The highest BCUT2D eigenvalue weighted by Gasteiger charge is 2.32. The van der Waals surface area contributed by atoms with Crippen molar-refractivity contribution in [2.24, 2.45) is 0 Å². The van der Waals surface area contributed by atoms with Crippen molar-refractivity contribution in [3.63, 3.8) is 0 Å². The molecular weight excluding hydrogens is 294 g/mol. The number of Topliss-reactive ketones (excluding diaryl/α,β-unsaturated/α-hetero) is 1. The van der Waals surface area contributed by atoms with Crippen molar-refractivity contribution >= 4 is 11.5 Å². The van der Waals surface area contributed by atoms with Gasteiger partial charge in [-0.1, -0.05) is 12.1 Å². The highest BCUT2D eigenvalue weighted by atomic mass is 16.7. The molecule has 3 rings (SSSR count). The SMILES string of the molecule is CCO[C@@H]1Oc2ccccc2C(=O)/C1=C/Nc1ccc(O)cc1. The number of aromatic hydroxyl groups is 1. The van der Waals surface area contributed by atoms with Gasteiger partial charge in [-0.2, -0.15) is 0 Å². The predicted octanol–water partition coefficient (Wildman–Crippen LogP) is 3.33. The topological polar surface area (TPSA) is 67.8 Å². The molecule has 0 saturated carbocycles. The molecule has 2 aromatic carbocycles. The van der Waals surface area contributed by atoms with E-state index in [0.29, 0.717) is 23.5 Å². The van der Waals surface area contributed by atoms with Crippen LogP contribution in [0.3, 0.4) is 0 Å². The Morgan fingerprint density at radius 1 is 1.22 bits per heavy atom. The Kier molecular flexibility index (Phi) is 4.30. The number of hydrogen-bond donors (Lipinski definition) is 2. The maximum atomic E-state index is 12.7. The van der Waals surface area contributed by atoms with E-state index in [9.17, 15) is 9.90 Å². The van der Waals surface area contributed by atoms with E-state index < -0.39 is 6.29 Å². The smallest absolute Gasteiger partial charge is 0.232 e. The number of para-hydroxylation sites is 1. The summed E-state index contributed by atoms with van der Waals surface area (Å²) in [5, 5.41) is 12.3. The van der Waals surface area contributed by atoms with Crippen LogP contribution in [0, 0.1) is 0 Å². The number of carbonyl (C=O) groups excluding carboxylic acids is 1. The van der Waals surface area contributed by atoms with Crippen LogP contribution in [-0.4, -0.2) is 23.8 Å². The molecule has 1 aliphatic heterocycles. The fourth-order valence-electron chi connectivity index (χ4n) is 2.33. The number of ketones is 1. The number of phenolic OH excluding ortho intramolecular Hbond substituents is 1. The Labute approximate surface area is 134 Å². The average Bonchev–Trinajstić information content (AvgIpc) is 2.56. The van der Waals surface area contributed by atoms with Crippen LogP contribution in [0.2, 0.25) is 0 Å². The van der Waals surface area contributed by atoms with E-state index >= 15 is 0 Å². The standard InChI is InChI=1S/C18H17NO4/c1-2-22-18-15(11-19-12-7-9-13(20)10-8-12)17(21)14-5-3-4-6-16(14)23-18/h3-11,18-20H,2H2,1H3/b15-11-/t18-/m1/s1. The van der Waals surface area contributed by atoms with E-state index in [0.717, 1.165) is 5.69 Å². The van der Waals surface area contributed by atoms with Gasteiger partial charge in [0, 0.05) is 18.5 Å². The highest BCUT2D eigenvalue weighted by Crippen LogP contribution is 2.31. The minimum Gasteiger partial charge on any atom is -0.508 e. The van der Waals surface area contributed by atoms with Gasteiger partial charge >= 0.3 is 0 Å². The molecule has 1 heterocycles. The summed E-state index contributed by atoms with van der Waals surface area (Å²) < 4.78 is 11.3. The van der Waals surface area contributed by atoms with Crippen LogP contribution in [0.1, 0.15) is 17.3 Å². The molecule has 5 nitrogen and oxygen atoms in total. The summed E-state index contributed by atoms with van der Waals surface area (Å²) in [5.74, 6) is 0.579. The molecule has 2 aromatic rings. The van der Waals surface area contributed by atoms with Crippen molar-refractivity contribution in [1.82, 2.24) is 0 Å². The first-order chi connectivity index (χ1) is 11.2. The minimum atomic E-state index is -0.744. The van der Waals surface area contributed by atoms with Gasteiger partial charge in [-0.25, -0.2) is 0 Å². The number of benzene rings is 2. The summed E-state index contributed by atoms with van der Waals surface area (Å²) in [6.45, 7) is 2.27. The third kappa shape index (κ3) is 3.19. The van der Waals surface area contributed by atoms with Crippen LogP contribution >= 0.6 is 0 Å². The minimum absolute atomic E-state index is 0.128. The molecule has 0 aliphatic carbocycles. The molecule has 0 bridgehead atoms. The lowest BCUT2D eigenvalue weighted by Gasteiger charge is -2.27. The van der Waals surface area contributed by atoms with Crippen molar-refractivity contribution in [3.05, 3.63) is 65.9 Å². The van der Waals surface area contributed by atoms with Gasteiger partial charge < -0.3 is 19.9 Å². The van der Waals surface area contributed by atoms with E-state index in [4.69, 9.17) is 9.47 Å². The lowest BCUT2D eigenvalue weighted by Crippen LogP contribution is -2.33. The van der Waals surface area contributed by atoms with Crippen LogP contribution in [0.5, 0.6) is 11.5 Å². The number of fused-ring (bicyclic) bond motifs is 1. The first-order valence-corrected chi connectivity index (χ1v) is 7.36. The lowest BCUT2D eigenvalue weighted by molar-refractivity contribution is -0.0509. The first kappa shape index (κ1) is 15.1. The Bertz CT molecular complexity index is 737. The van der Waals surface area contributed by atoms with Crippen LogP contribution < -0.4 is 10.1 Å². The number of nitrogens with one attached hydrogen (secondary N) is 1. The molecule has 0 aromatic heterocycles. The van der Waals surface area contributed by atoms with Crippen molar-refractivity contribution in [2.45, 2.75) is 13.2 Å². The summed E-state index contributed by atoms with van der Waals surface area (Å²) in [4.78, 5) is 12.7. The number of carbonyl (C=O) groups is 1. The zero-order valence-corrected chi connectivity index (χ0v) is 12.7. The molecule has 0 saturated heterocycles. The van der Waals surface area contributed by atoms with Crippen LogP contribution in [0.25, 0.3) is 0 Å². The summed E-state index contributed by atoms with van der Waals surface area (Å²) in [5.41, 5.74) is 1.66. The van der Waals surface area contributed by atoms with Crippen molar-refractivity contribution < 1.29 is 19.4 Å². The van der Waals surface area contributed by atoms with Gasteiger partial charge in [0.25, 0.3) is 0 Å². The fraction of sp³-hybridized carbons (Fsp3) is 0.167. The van der Waals surface area contributed by atoms with Gasteiger partial charge in [0.1, 0.15) is 11.5 Å². The molecule has 0 fully saturated rings. The molecule has 0 amide bonds. The molecule has 0 spiro atoms. The lowest BCUT2D eigenvalue weighted by atomic mass is 10.00. The summed E-state index contributed by atoms with van der Waals surface area (Å²) in [6.07, 6.45) is 0.845. The number of hydrogen-bond acceptors (Lipinski definition) is 5. The second-order valence-corrected chi connectivity index (χ2v) is 5.02. The average molecular weight is 311 g/mol. The summed E-state index contributed by atoms with van der Waals surface area (Å²) in [6, 6.07) is 13.7. The van der Waals surface area contributed by atoms with Gasteiger partial charge in [-0.3, -0.25) is 4.79 Å². The third-order valence-corrected chi connectivity index (χ3v) is 3.46. The van der Waals surface area contributed by atoms with Crippen molar-refractivity contribution in [1.29, 1.82) is 0 Å². The van der Waals surface area contributed by atoms with E-state index in [2.05, 4.69) is 5.32 Å². The maximum absolute atomic E-state index is 12.7. The highest BCUT2D eigenvalue weighted by molar-refractivity contribution is 6.12. The molecule has 5 heteroatoms. The molecule has 1 atom stereocenters. The Hall–Kier alpha value is -2.79. The molecule has 1 aliphatic rings. The van der Waals surface area contributed by atoms with E-state index in [1.165, 1.54) is 0 Å². The second-order valence-electron chi connectivity index (χ2n) is 5.02. The van der Waals surface area contributed by atoms with Crippen LogP contribution in [0.15, 0.2) is 60.3 Å². The van der Waals surface area contributed by atoms with Crippen LogP contribution in [-0.2, 0) is 4.74 Å². The van der Waals surface area contributed by atoms with E-state index in [1.54, 1.807) is 48.7 Å². The summed E-state index contributed by atoms with van der Waals surface area (Å²) >= 11 is 0. The second kappa shape index (κ2) is 6.54. The quantitative estimate of drug-likeness (QED) is 0.669. The Balaban J connectivity index is 1.89.